The minimum Gasteiger partial charge on any atom is -0.391 e. The number of amides is 1. The maximum atomic E-state index is 11.6. The number of nitrogens with zero attached hydrogens (tertiary/aromatic N) is 1. The minimum absolute atomic E-state index is 0.00652. The van der Waals surface area contributed by atoms with Gasteiger partial charge in [0, 0.05) is 19.7 Å². The third-order valence-corrected chi connectivity index (χ3v) is 2.88. The summed E-state index contributed by atoms with van der Waals surface area (Å²) in [4.78, 5) is 13.2. The summed E-state index contributed by atoms with van der Waals surface area (Å²) >= 11 is 0. The molecule has 0 unspecified atom stereocenters. The fourth-order valence-corrected chi connectivity index (χ4v) is 1.85. The zero-order valence-electron chi connectivity index (χ0n) is 10.2. The van der Waals surface area contributed by atoms with Crippen molar-refractivity contribution in [3.8, 4) is 0 Å². The Hall–Kier alpha value is -0.610. The number of carbonyl (C=O) groups is 1. The Morgan fingerprint density at radius 3 is 2.88 bits per heavy atom. The molecule has 1 aliphatic rings. The number of hydrogen-bond donors (Lipinski definition) is 1. The fourth-order valence-electron chi connectivity index (χ4n) is 1.85. The van der Waals surface area contributed by atoms with Crippen LogP contribution in [0, 0.1) is 0 Å². The van der Waals surface area contributed by atoms with Crippen molar-refractivity contribution in [2.24, 2.45) is 0 Å². The predicted octanol–water partition coefficient (Wildman–Crippen LogP) is 1.18. The van der Waals surface area contributed by atoms with Crippen LogP contribution in [-0.2, 0) is 9.53 Å². The van der Waals surface area contributed by atoms with Crippen LogP contribution in [0.2, 0.25) is 0 Å². The van der Waals surface area contributed by atoms with E-state index in [-0.39, 0.29) is 18.6 Å². The molecule has 1 amide bonds. The van der Waals surface area contributed by atoms with Crippen LogP contribution in [0.25, 0.3) is 0 Å². The molecule has 4 heteroatoms. The van der Waals surface area contributed by atoms with Crippen LogP contribution >= 0.6 is 0 Å². The van der Waals surface area contributed by atoms with Crippen LogP contribution < -0.4 is 0 Å². The highest BCUT2D eigenvalue weighted by atomic mass is 16.5. The Morgan fingerprint density at radius 1 is 1.44 bits per heavy atom. The smallest absolute Gasteiger partial charge is 0.248 e. The first-order valence-corrected chi connectivity index (χ1v) is 6.27. The van der Waals surface area contributed by atoms with Crippen molar-refractivity contribution >= 4 is 5.91 Å². The molecular formula is C12H23NO3. The second kappa shape index (κ2) is 7.63. The van der Waals surface area contributed by atoms with Crippen molar-refractivity contribution in [1.29, 1.82) is 0 Å². The molecule has 0 bridgehead atoms. The molecule has 0 aromatic rings. The van der Waals surface area contributed by atoms with Gasteiger partial charge in [0.1, 0.15) is 6.61 Å². The fraction of sp³-hybridized carbons (Fsp3) is 0.917. The van der Waals surface area contributed by atoms with Gasteiger partial charge in [-0.2, -0.15) is 0 Å². The number of aliphatic hydroxyl groups excluding tert-OH is 1. The first-order chi connectivity index (χ1) is 7.74. The van der Waals surface area contributed by atoms with E-state index in [1.165, 1.54) is 19.3 Å². The van der Waals surface area contributed by atoms with E-state index in [9.17, 15) is 9.90 Å². The Bertz CT molecular complexity index is 208. The lowest BCUT2D eigenvalue weighted by atomic mass is 10.2. The Balaban J connectivity index is 1.98. The van der Waals surface area contributed by atoms with E-state index >= 15 is 0 Å². The molecule has 1 N–H and O–H groups in total. The molecule has 94 valence electrons. The largest absolute Gasteiger partial charge is 0.391 e. The van der Waals surface area contributed by atoms with Gasteiger partial charge in [-0.1, -0.05) is 26.2 Å². The van der Waals surface area contributed by atoms with E-state index in [0.717, 1.165) is 6.42 Å². The molecule has 0 aliphatic carbocycles. The molecule has 1 rings (SSSR count). The molecule has 4 nitrogen and oxygen atoms in total. The number of hydrogen-bond acceptors (Lipinski definition) is 3. The van der Waals surface area contributed by atoms with Crippen LogP contribution in [0.5, 0.6) is 0 Å². The van der Waals surface area contributed by atoms with Crippen molar-refractivity contribution in [2.75, 3.05) is 26.3 Å². The standard InChI is InChI=1S/C12H23NO3/c1-2-3-4-5-8-16-10-12(15)13-7-6-11(14)9-13/h11,14H,2-10H2,1H3/t11-/m1/s1. The first kappa shape index (κ1) is 13.5. The summed E-state index contributed by atoms with van der Waals surface area (Å²) < 4.78 is 5.32. The second-order valence-electron chi connectivity index (χ2n) is 4.40. The van der Waals surface area contributed by atoms with Crippen LogP contribution in [-0.4, -0.2) is 48.3 Å². The maximum absolute atomic E-state index is 11.6. The monoisotopic (exact) mass is 229 g/mol. The van der Waals surface area contributed by atoms with Crippen LogP contribution in [0.4, 0.5) is 0 Å². The molecule has 1 saturated heterocycles. The van der Waals surface area contributed by atoms with Gasteiger partial charge < -0.3 is 14.7 Å². The third-order valence-electron chi connectivity index (χ3n) is 2.88. The van der Waals surface area contributed by atoms with Gasteiger partial charge in [-0.15, -0.1) is 0 Å². The number of aliphatic hydroxyl groups is 1. The summed E-state index contributed by atoms with van der Waals surface area (Å²) in [6.07, 6.45) is 5.01. The average molecular weight is 229 g/mol. The number of β-amino-alcohol motifs (C(OH)–C–C–N with tert-alkyl or cyclic N) is 1. The van der Waals surface area contributed by atoms with Gasteiger partial charge >= 0.3 is 0 Å². The highest BCUT2D eigenvalue weighted by molar-refractivity contribution is 5.77. The summed E-state index contributed by atoms with van der Waals surface area (Å²) in [6, 6.07) is 0. The lowest BCUT2D eigenvalue weighted by molar-refractivity contribution is -0.135. The molecule has 0 aromatic heterocycles. The van der Waals surface area contributed by atoms with Crippen LogP contribution in [0.3, 0.4) is 0 Å². The summed E-state index contributed by atoms with van der Waals surface area (Å²) in [5.41, 5.74) is 0. The third kappa shape index (κ3) is 4.94. The van der Waals surface area contributed by atoms with E-state index in [1.807, 2.05) is 0 Å². The lowest BCUT2D eigenvalue weighted by Crippen LogP contribution is -2.32. The van der Waals surface area contributed by atoms with Gasteiger partial charge in [-0.3, -0.25) is 4.79 Å². The lowest BCUT2D eigenvalue weighted by Gasteiger charge is -2.15. The molecule has 0 radical (unpaired) electrons. The van der Waals surface area contributed by atoms with Crippen LogP contribution in [0.15, 0.2) is 0 Å². The summed E-state index contributed by atoms with van der Waals surface area (Å²) in [7, 11) is 0. The quantitative estimate of drug-likeness (QED) is 0.667. The van der Waals surface area contributed by atoms with Gasteiger partial charge in [-0.05, 0) is 12.8 Å². The average Bonchev–Trinajstić information content (AvgIpc) is 2.70. The first-order valence-electron chi connectivity index (χ1n) is 6.27. The maximum Gasteiger partial charge on any atom is 0.248 e. The van der Waals surface area contributed by atoms with Crippen molar-refractivity contribution in [1.82, 2.24) is 4.90 Å². The molecule has 1 atom stereocenters. The van der Waals surface area contributed by atoms with Gasteiger partial charge in [0.05, 0.1) is 6.10 Å². The number of rotatable bonds is 7. The Morgan fingerprint density at radius 2 is 2.25 bits per heavy atom. The van der Waals surface area contributed by atoms with Gasteiger partial charge in [-0.25, -0.2) is 0 Å². The normalized spacial score (nSPS) is 20.4. The second-order valence-corrected chi connectivity index (χ2v) is 4.40. The molecule has 1 aliphatic heterocycles. The van der Waals surface area contributed by atoms with Crippen LogP contribution in [0.1, 0.15) is 39.0 Å². The SMILES string of the molecule is CCCCCCOCC(=O)N1CC[C@@H](O)C1. The molecular weight excluding hydrogens is 206 g/mol. The highest BCUT2D eigenvalue weighted by Crippen LogP contribution is 2.08. The van der Waals surface area contributed by atoms with Crippen molar-refractivity contribution < 1.29 is 14.6 Å². The van der Waals surface area contributed by atoms with E-state index in [4.69, 9.17) is 4.74 Å². The topological polar surface area (TPSA) is 49.8 Å². The Labute approximate surface area is 97.6 Å². The number of carbonyl (C=O) groups excluding carboxylic acids is 1. The summed E-state index contributed by atoms with van der Waals surface area (Å²) in [5, 5.41) is 9.28. The predicted molar refractivity (Wildman–Crippen MR) is 62.2 cm³/mol. The van der Waals surface area contributed by atoms with E-state index in [0.29, 0.717) is 26.1 Å². The van der Waals surface area contributed by atoms with Gasteiger partial charge in [0.15, 0.2) is 0 Å². The molecule has 1 fully saturated rings. The van der Waals surface area contributed by atoms with E-state index < -0.39 is 0 Å². The van der Waals surface area contributed by atoms with E-state index in [1.54, 1.807) is 4.90 Å². The minimum atomic E-state index is -0.339. The molecule has 0 spiro atoms. The molecule has 0 aromatic carbocycles. The Kier molecular flexibility index (Phi) is 6.42. The summed E-state index contributed by atoms with van der Waals surface area (Å²) in [5.74, 6) is 0.00652. The number of ether oxygens (including phenoxy) is 1. The molecule has 0 saturated carbocycles. The van der Waals surface area contributed by atoms with Crippen molar-refractivity contribution in [3.05, 3.63) is 0 Å². The number of likely N-dealkylation sites (tertiary alicyclic amines) is 1. The zero-order chi connectivity index (χ0) is 11.8. The van der Waals surface area contributed by atoms with E-state index in [2.05, 4.69) is 6.92 Å². The van der Waals surface area contributed by atoms with Gasteiger partial charge in [0.25, 0.3) is 0 Å². The number of unbranched alkanes of at least 4 members (excludes halogenated alkanes) is 3. The van der Waals surface area contributed by atoms with Crippen molar-refractivity contribution in [2.45, 2.75) is 45.1 Å². The van der Waals surface area contributed by atoms with Gasteiger partial charge in [0.2, 0.25) is 5.91 Å². The highest BCUT2D eigenvalue weighted by Gasteiger charge is 2.24. The zero-order valence-corrected chi connectivity index (χ0v) is 10.2. The van der Waals surface area contributed by atoms with Crippen molar-refractivity contribution in [3.63, 3.8) is 0 Å². The molecule has 1 heterocycles. The molecule has 16 heavy (non-hydrogen) atoms. The summed E-state index contributed by atoms with van der Waals surface area (Å²) in [6.45, 7) is 4.14.